The van der Waals surface area contributed by atoms with Crippen LogP contribution in [0.15, 0.2) is 16.9 Å². The van der Waals surface area contributed by atoms with Crippen molar-refractivity contribution in [3.63, 3.8) is 0 Å². The van der Waals surface area contributed by atoms with E-state index in [4.69, 9.17) is 4.74 Å². The Kier molecular flexibility index (Phi) is 4.46. The van der Waals surface area contributed by atoms with Gasteiger partial charge in [0.25, 0.3) is 0 Å². The molecule has 1 heterocycles. The summed E-state index contributed by atoms with van der Waals surface area (Å²) in [5, 5.41) is 11.0. The Labute approximate surface area is 118 Å². The second-order valence-corrected chi connectivity index (χ2v) is 5.64. The molecule has 0 fully saturated rings. The number of pyridine rings is 1. The molecule has 104 valence electrons. The van der Waals surface area contributed by atoms with E-state index in [-0.39, 0.29) is 11.4 Å². The van der Waals surface area contributed by atoms with E-state index >= 15 is 0 Å². The van der Waals surface area contributed by atoms with Crippen LogP contribution in [0.2, 0.25) is 0 Å². The maximum atomic E-state index is 11.9. The number of halogens is 1. The van der Waals surface area contributed by atoms with Gasteiger partial charge in [0.1, 0.15) is 17.5 Å². The molecule has 0 aromatic carbocycles. The zero-order chi connectivity index (χ0) is 14.8. The van der Waals surface area contributed by atoms with E-state index in [1.165, 1.54) is 13.2 Å². The molecule has 0 unspecified atom stereocenters. The first-order chi connectivity index (χ1) is 8.63. The molecule has 0 N–H and O–H groups in total. The molecule has 0 radical (unpaired) electrons. The molecule has 0 atom stereocenters. The number of aromatic nitrogens is 1. The van der Waals surface area contributed by atoms with Crippen molar-refractivity contribution < 1.29 is 14.5 Å². The molecule has 0 spiro atoms. The Bertz CT molecular complexity index is 513. The molecule has 8 heteroatoms. The fourth-order valence-electron chi connectivity index (χ4n) is 1.31. The van der Waals surface area contributed by atoms with Crippen LogP contribution in [-0.2, 0) is 4.74 Å². The van der Waals surface area contributed by atoms with E-state index in [1.54, 1.807) is 20.8 Å². The summed E-state index contributed by atoms with van der Waals surface area (Å²) in [4.78, 5) is 27.1. The van der Waals surface area contributed by atoms with Gasteiger partial charge in [0.2, 0.25) is 0 Å². The zero-order valence-electron chi connectivity index (χ0n) is 11.0. The molecule has 19 heavy (non-hydrogen) atoms. The van der Waals surface area contributed by atoms with Crippen LogP contribution in [0.4, 0.5) is 16.2 Å². The molecule has 1 amide bonds. The average molecular weight is 332 g/mol. The van der Waals surface area contributed by atoms with Crippen LogP contribution in [-0.4, -0.2) is 28.6 Å². The van der Waals surface area contributed by atoms with Gasteiger partial charge in [0.15, 0.2) is 0 Å². The fourth-order valence-corrected chi connectivity index (χ4v) is 1.89. The van der Waals surface area contributed by atoms with E-state index in [1.807, 2.05) is 0 Å². The van der Waals surface area contributed by atoms with Crippen LogP contribution >= 0.6 is 15.9 Å². The molecule has 1 aromatic heterocycles. The van der Waals surface area contributed by atoms with Crippen LogP contribution in [0, 0.1) is 10.1 Å². The normalized spacial score (nSPS) is 11.0. The van der Waals surface area contributed by atoms with Crippen LogP contribution in [0.5, 0.6) is 0 Å². The number of hydrogen-bond donors (Lipinski definition) is 0. The van der Waals surface area contributed by atoms with E-state index in [2.05, 4.69) is 20.9 Å². The Morgan fingerprint density at radius 2 is 2.05 bits per heavy atom. The van der Waals surface area contributed by atoms with Gasteiger partial charge < -0.3 is 4.74 Å². The topological polar surface area (TPSA) is 85.6 Å². The van der Waals surface area contributed by atoms with Crippen molar-refractivity contribution in [2.45, 2.75) is 26.4 Å². The second kappa shape index (κ2) is 5.52. The van der Waals surface area contributed by atoms with Gasteiger partial charge in [-0.15, -0.1) is 0 Å². The summed E-state index contributed by atoms with van der Waals surface area (Å²) in [5.74, 6) is 0. The number of ether oxygens (including phenoxy) is 1. The number of anilines is 1. The highest BCUT2D eigenvalue weighted by molar-refractivity contribution is 9.10. The van der Waals surface area contributed by atoms with Crippen LogP contribution in [0.1, 0.15) is 20.8 Å². The summed E-state index contributed by atoms with van der Waals surface area (Å²) >= 11 is 3.15. The van der Waals surface area contributed by atoms with Crippen molar-refractivity contribution in [2.24, 2.45) is 0 Å². The van der Waals surface area contributed by atoms with Crippen molar-refractivity contribution in [1.29, 1.82) is 0 Å². The van der Waals surface area contributed by atoms with E-state index in [0.29, 0.717) is 4.47 Å². The minimum absolute atomic E-state index is 0.106. The molecule has 0 bridgehead atoms. The predicted octanol–water partition coefficient (Wildman–Crippen LogP) is 3.12. The van der Waals surface area contributed by atoms with E-state index < -0.39 is 16.6 Å². The van der Waals surface area contributed by atoms with Crippen LogP contribution in [0.3, 0.4) is 0 Å². The van der Waals surface area contributed by atoms with Crippen molar-refractivity contribution >= 4 is 33.4 Å². The maximum Gasteiger partial charge on any atom is 0.414 e. The molecule has 0 saturated carbocycles. The van der Waals surface area contributed by atoms with Crippen LogP contribution in [0.25, 0.3) is 0 Å². The maximum absolute atomic E-state index is 11.9. The largest absolute Gasteiger partial charge is 0.443 e. The number of amides is 1. The second-order valence-electron chi connectivity index (χ2n) is 4.79. The Morgan fingerprint density at radius 1 is 1.47 bits per heavy atom. The van der Waals surface area contributed by atoms with Gasteiger partial charge in [-0.25, -0.2) is 4.79 Å². The quantitative estimate of drug-likeness (QED) is 0.613. The number of carbonyl (C=O) groups is 1. The average Bonchev–Trinajstić information content (AvgIpc) is 2.25. The molecule has 1 rings (SSSR count). The van der Waals surface area contributed by atoms with E-state index in [9.17, 15) is 14.9 Å². The standard InChI is InChI=1S/C11H14BrN3O4/c1-11(2,3)19-10(16)14(4)9-7(12)5-13-6-8(9)15(17)18/h5-6H,1-4H3. The Hall–Kier alpha value is -1.70. The molecular weight excluding hydrogens is 318 g/mol. The molecule has 0 aliphatic rings. The molecule has 7 nitrogen and oxygen atoms in total. The van der Waals surface area contributed by atoms with Crippen molar-refractivity contribution in [2.75, 3.05) is 11.9 Å². The van der Waals surface area contributed by atoms with Gasteiger partial charge in [-0.2, -0.15) is 0 Å². The lowest BCUT2D eigenvalue weighted by Crippen LogP contribution is -2.34. The third-order valence-electron chi connectivity index (χ3n) is 2.05. The summed E-state index contributed by atoms with van der Waals surface area (Å²) in [6, 6.07) is 0. The van der Waals surface area contributed by atoms with Crippen molar-refractivity contribution in [1.82, 2.24) is 4.98 Å². The highest BCUT2D eigenvalue weighted by Crippen LogP contribution is 2.34. The highest BCUT2D eigenvalue weighted by atomic mass is 79.9. The minimum atomic E-state index is -0.681. The lowest BCUT2D eigenvalue weighted by molar-refractivity contribution is -0.384. The monoisotopic (exact) mass is 331 g/mol. The van der Waals surface area contributed by atoms with Gasteiger partial charge >= 0.3 is 11.8 Å². The summed E-state index contributed by atoms with van der Waals surface area (Å²) in [7, 11) is 1.40. The van der Waals surface area contributed by atoms with Crippen molar-refractivity contribution in [3.8, 4) is 0 Å². The predicted molar refractivity (Wildman–Crippen MR) is 73.2 cm³/mol. The molecule has 0 aliphatic carbocycles. The first-order valence-corrected chi connectivity index (χ1v) is 6.17. The molecular formula is C11H14BrN3O4. The zero-order valence-corrected chi connectivity index (χ0v) is 12.6. The fraction of sp³-hybridized carbons (Fsp3) is 0.455. The van der Waals surface area contributed by atoms with Gasteiger partial charge in [-0.05, 0) is 36.7 Å². The Morgan fingerprint density at radius 3 is 2.53 bits per heavy atom. The number of rotatable bonds is 2. The van der Waals surface area contributed by atoms with Gasteiger partial charge in [0.05, 0.1) is 9.40 Å². The Balaban J connectivity index is 3.16. The lowest BCUT2D eigenvalue weighted by Gasteiger charge is -2.24. The number of nitro groups is 1. The third kappa shape index (κ3) is 3.88. The first-order valence-electron chi connectivity index (χ1n) is 5.38. The summed E-state index contributed by atoms with van der Waals surface area (Å²) in [6.07, 6.45) is 1.78. The van der Waals surface area contributed by atoms with Gasteiger partial charge in [-0.3, -0.25) is 20.0 Å². The molecule has 0 saturated heterocycles. The first kappa shape index (κ1) is 15.4. The lowest BCUT2D eigenvalue weighted by atomic mass is 10.2. The summed E-state index contributed by atoms with van der Waals surface area (Å²) in [6.45, 7) is 5.15. The summed E-state index contributed by atoms with van der Waals surface area (Å²) < 4.78 is 5.51. The minimum Gasteiger partial charge on any atom is -0.443 e. The van der Waals surface area contributed by atoms with Gasteiger partial charge in [-0.1, -0.05) is 0 Å². The van der Waals surface area contributed by atoms with Crippen LogP contribution < -0.4 is 4.90 Å². The molecule has 0 aliphatic heterocycles. The highest BCUT2D eigenvalue weighted by Gasteiger charge is 2.28. The number of nitrogens with zero attached hydrogens (tertiary/aromatic N) is 3. The summed E-state index contributed by atoms with van der Waals surface area (Å²) in [5.41, 5.74) is -0.850. The van der Waals surface area contributed by atoms with Crippen molar-refractivity contribution in [3.05, 3.63) is 27.0 Å². The smallest absolute Gasteiger partial charge is 0.414 e. The third-order valence-corrected chi connectivity index (χ3v) is 2.63. The number of hydrogen-bond acceptors (Lipinski definition) is 5. The number of carbonyl (C=O) groups excluding carboxylic acids is 1. The van der Waals surface area contributed by atoms with Gasteiger partial charge in [0, 0.05) is 13.2 Å². The molecule has 1 aromatic rings. The SMILES string of the molecule is CN(C(=O)OC(C)(C)C)c1c(Br)cncc1[N+](=O)[O-]. The van der Waals surface area contributed by atoms with E-state index in [0.717, 1.165) is 11.1 Å².